The molecule has 0 spiro atoms. The second kappa shape index (κ2) is 9.49. The van der Waals surface area contributed by atoms with E-state index < -0.39 is 5.25 Å². The van der Waals surface area contributed by atoms with Gasteiger partial charge in [0.05, 0.1) is 18.5 Å². The second-order valence-electron chi connectivity index (χ2n) is 6.83. The molecule has 0 bridgehead atoms. The number of nitrogens with zero attached hydrogens (tertiary/aromatic N) is 2. The molecule has 0 aromatic heterocycles. The zero-order chi connectivity index (χ0) is 21.6. The van der Waals surface area contributed by atoms with Crippen LogP contribution in [0.15, 0.2) is 89.9 Å². The van der Waals surface area contributed by atoms with E-state index in [1.54, 1.807) is 36.3 Å². The summed E-state index contributed by atoms with van der Waals surface area (Å²) in [6.45, 7) is 0. The minimum atomic E-state index is -0.596. The average molecular weight is 432 g/mol. The Bertz CT molecular complexity index is 1100. The molecule has 1 fully saturated rings. The molecule has 2 amide bonds. The predicted octanol–water partition coefficient (Wildman–Crippen LogP) is 4.86. The van der Waals surface area contributed by atoms with E-state index in [1.807, 2.05) is 60.7 Å². The number of carbonyl (C=O) groups is 2. The first kappa shape index (κ1) is 20.7. The molecule has 1 saturated heterocycles. The molecule has 6 nitrogen and oxygen atoms in total. The molecular weight excluding hydrogens is 410 g/mol. The number of methoxy groups -OCH3 is 1. The second-order valence-corrected chi connectivity index (χ2v) is 8.00. The Kier molecular flexibility index (Phi) is 6.33. The summed E-state index contributed by atoms with van der Waals surface area (Å²) in [6, 6.07) is 25.9. The number of rotatable bonds is 5. The van der Waals surface area contributed by atoms with Crippen molar-refractivity contribution in [3.8, 4) is 5.75 Å². The minimum absolute atomic E-state index is 0.0726. The van der Waals surface area contributed by atoms with Crippen molar-refractivity contribution < 1.29 is 14.3 Å². The lowest BCUT2D eigenvalue weighted by Gasteiger charge is -2.31. The van der Waals surface area contributed by atoms with E-state index >= 15 is 0 Å². The average Bonchev–Trinajstić information content (AvgIpc) is 2.80. The van der Waals surface area contributed by atoms with Crippen LogP contribution in [0.2, 0.25) is 0 Å². The summed E-state index contributed by atoms with van der Waals surface area (Å²) < 4.78 is 5.21. The van der Waals surface area contributed by atoms with Crippen molar-refractivity contribution in [2.24, 2.45) is 4.99 Å². The number of carbonyl (C=O) groups excluding carboxylic acids is 2. The third-order valence-electron chi connectivity index (χ3n) is 4.67. The molecule has 0 aliphatic carbocycles. The van der Waals surface area contributed by atoms with Crippen molar-refractivity contribution in [3.05, 3.63) is 84.9 Å². The first-order valence-electron chi connectivity index (χ1n) is 9.77. The van der Waals surface area contributed by atoms with Crippen molar-refractivity contribution >= 4 is 45.8 Å². The molecule has 0 saturated carbocycles. The highest BCUT2D eigenvalue weighted by atomic mass is 32.2. The van der Waals surface area contributed by atoms with E-state index in [0.717, 1.165) is 5.69 Å². The quantitative estimate of drug-likeness (QED) is 0.626. The van der Waals surface area contributed by atoms with Crippen molar-refractivity contribution in [2.75, 3.05) is 17.3 Å². The van der Waals surface area contributed by atoms with E-state index in [9.17, 15) is 9.59 Å². The first-order valence-corrected chi connectivity index (χ1v) is 10.7. The van der Waals surface area contributed by atoms with Crippen LogP contribution in [0.25, 0.3) is 0 Å². The molecule has 1 aliphatic rings. The third-order valence-corrected chi connectivity index (χ3v) is 5.82. The maximum atomic E-state index is 13.1. The summed E-state index contributed by atoms with van der Waals surface area (Å²) >= 11 is 1.28. The molecule has 3 aromatic rings. The Balaban J connectivity index is 1.61. The van der Waals surface area contributed by atoms with Crippen molar-refractivity contribution in [2.45, 2.75) is 11.7 Å². The smallest absolute Gasteiger partial charge is 0.238 e. The number of aliphatic imine (C=N–C) groups is 1. The van der Waals surface area contributed by atoms with Gasteiger partial charge in [-0.1, -0.05) is 54.2 Å². The van der Waals surface area contributed by atoms with Gasteiger partial charge < -0.3 is 10.1 Å². The number of benzene rings is 3. The van der Waals surface area contributed by atoms with Crippen LogP contribution >= 0.6 is 11.8 Å². The standard InChI is InChI=1S/C24H21N3O3S/c1-30-20-14-8-11-18(15-20)25-23(29)21-16-22(28)27(19-12-6-3-7-13-19)24(31-21)26-17-9-4-2-5-10-17/h2-15,21H,16H2,1H3,(H,25,29)/t21-/m0/s1. The van der Waals surface area contributed by atoms with Gasteiger partial charge >= 0.3 is 0 Å². The summed E-state index contributed by atoms with van der Waals surface area (Å²) in [5, 5.41) is 2.76. The zero-order valence-electron chi connectivity index (χ0n) is 16.9. The van der Waals surface area contributed by atoms with Crippen LogP contribution in [0.4, 0.5) is 17.1 Å². The van der Waals surface area contributed by atoms with E-state index in [0.29, 0.717) is 22.3 Å². The SMILES string of the molecule is COc1cccc(NC(=O)[C@@H]2CC(=O)N(c3ccccc3)C(=Nc3ccccc3)S2)c1. The summed E-state index contributed by atoms with van der Waals surface area (Å²) in [7, 11) is 1.57. The van der Waals surface area contributed by atoms with Gasteiger partial charge in [0, 0.05) is 18.2 Å². The molecule has 1 atom stereocenters. The Labute approximate surface area is 184 Å². The summed E-state index contributed by atoms with van der Waals surface area (Å²) in [4.78, 5) is 32.3. The third kappa shape index (κ3) is 4.95. The lowest BCUT2D eigenvalue weighted by Crippen LogP contribution is -2.45. The predicted molar refractivity (Wildman–Crippen MR) is 125 cm³/mol. The number of thioether (sulfide) groups is 1. The van der Waals surface area contributed by atoms with Crippen molar-refractivity contribution in [3.63, 3.8) is 0 Å². The Hall–Kier alpha value is -3.58. The Morgan fingerprint density at radius 1 is 1.03 bits per heavy atom. The summed E-state index contributed by atoms with van der Waals surface area (Å²) in [5.74, 6) is 0.220. The molecule has 7 heteroatoms. The summed E-state index contributed by atoms with van der Waals surface area (Å²) in [6.07, 6.45) is 0.0726. The van der Waals surface area contributed by atoms with Crippen molar-refractivity contribution in [1.82, 2.24) is 0 Å². The molecule has 1 aliphatic heterocycles. The molecule has 4 rings (SSSR count). The fourth-order valence-corrected chi connectivity index (χ4v) is 4.29. The van der Waals surface area contributed by atoms with Gasteiger partial charge in [0.25, 0.3) is 0 Å². The van der Waals surface area contributed by atoms with Gasteiger partial charge in [0.2, 0.25) is 11.8 Å². The first-order chi connectivity index (χ1) is 15.1. The number of amides is 2. The molecule has 1 N–H and O–H groups in total. The summed E-state index contributed by atoms with van der Waals surface area (Å²) in [5.41, 5.74) is 2.05. The Morgan fingerprint density at radius 3 is 2.45 bits per heavy atom. The lowest BCUT2D eigenvalue weighted by atomic mass is 10.2. The molecular formula is C24H21N3O3S. The maximum absolute atomic E-state index is 13.1. The van der Waals surface area contributed by atoms with Crippen LogP contribution < -0.4 is 15.0 Å². The number of para-hydroxylation sites is 2. The normalized spacial score (nSPS) is 17.5. The van der Waals surface area contributed by atoms with E-state index in [-0.39, 0.29) is 18.2 Å². The number of anilines is 2. The van der Waals surface area contributed by atoms with Gasteiger partial charge in [0.1, 0.15) is 11.0 Å². The molecule has 156 valence electrons. The Morgan fingerprint density at radius 2 is 1.74 bits per heavy atom. The monoisotopic (exact) mass is 431 g/mol. The van der Waals surface area contributed by atoms with Gasteiger partial charge in [0.15, 0.2) is 5.17 Å². The van der Waals surface area contributed by atoms with E-state index in [1.165, 1.54) is 11.8 Å². The molecule has 1 heterocycles. The van der Waals surface area contributed by atoms with Crippen LogP contribution in [-0.4, -0.2) is 29.3 Å². The zero-order valence-corrected chi connectivity index (χ0v) is 17.7. The van der Waals surface area contributed by atoms with Crippen LogP contribution in [0.3, 0.4) is 0 Å². The highest BCUT2D eigenvalue weighted by Gasteiger charge is 2.36. The highest BCUT2D eigenvalue weighted by Crippen LogP contribution is 2.33. The molecule has 0 unspecified atom stereocenters. The largest absolute Gasteiger partial charge is 0.497 e. The van der Waals surface area contributed by atoms with Crippen LogP contribution in [0.1, 0.15) is 6.42 Å². The maximum Gasteiger partial charge on any atom is 0.238 e. The van der Waals surface area contributed by atoms with Gasteiger partial charge in [-0.25, -0.2) is 4.99 Å². The van der Waals surface area contributed by atoms with Crippen LogP contribution in [-0.2, 0) is 9.59 Å². The van der Waals surface area contributed by atoms with E-state index in [4.69, 9.17) is 4.74 Å². The number of ether oxygens (including phenoxy) is 1. The van der Waals surface area contributed by atoms with Gasteiger partial charge in [-0.2, -0.15) is 0 Å². The highest BCUT2D eigenvalue weighted by molar-refractivity contribution is 8.15. The number of hydrogen-bond donors (Lipinski definition) is 1. The molecule has 0 radical (unpaired) electrons. The molecule has 31 heavy (non-hydrogen) atoms. The van der Waals surface area contributed by atoms with Gasteiger partial charge in [-0.05, 0) is 36.4 Å². The van der Waals surface area contributed by atoms with Crippen molar-refractivity contribution in [1.29, 1.82) is 0 Å². The molecule has 3 aromatic carbocycles. The number of hydrogen-bond acceptors (Lipinski definition) is 5. The lowest BCUT2D eigenvalue weighted by molar-refractivity contribution is -0.121. The van der Waals surface area contributed by atoms with Crippen LogP contribution in [0, 0.1) is 0 Å². The fraction of sp³-hybridized carbons (Fsp3) is 0.125. The number of amidine groups is 1. The van der Waals surface area contributed by atoms with E-state index in [2.05, 4.69) is 10.3 Å². The topological polar surface area (TPSA) is 71.0 Å². The van der Waals surface area contributed by atoms with Crippen LogP contribution in [0.5, 0.6) is 5.75 Å². The van der Waals surface area contributed by atoms with Gasteiger partial charge in [-0.3, -0.25) is 14.5 Å². The van der Waals surface area contributed by atoms with Gasteiger partial charge in [-0.15, -0.1) is 0 Å². The minimum Gasteiger partial charge on any atom is -0.497 e. The number of nitrogens with one attached hydrogen (secondary N) is 1. The fourth-order valence-electron chi connectivity index (χ4n) is 3.17.